The highest BCUT2D eigenvalue weighted by molar-refractivity contribution is 7.89. The normalized spacial score (nSPS) is 19.5. The van der Waals surface area contributed by atoms with Crippen LogP contribution >= 0.6 is 0 Å². The summed E-state index contributed by atoms with van der Waals surface area (Å²) in [6, 6.07) is 0.0931. The molecule has 4 heteroatoms. The summed E-state index contributed by atoms with van der Waals surface area (Å²) < 4.78 is 25.4. The summed E-state index contributed by atoms with van der Waals surface area (Å²) in [6.45, 7) is 6.35. The molecule has 0 aromatic carbocycles. The van der Waals surface area contributed by atoms with Crippen LogP contribution in [-0.2, 0) is 10.0 Å². The van der Waals surface area contributed by atoms with Gasteiger partial charge in [-0.15, -0.1) is 0 Å². The van der Waals surface area contributed by atoms with Gasteiger partial charge >= 0.3 is 0 Å². The Labute approximate surface area is 81.2 Å². The molecule has 1 rings (SSSR count). The van der Waals surface area contributed by atoms with Gasteiger partial charge in [0, 0.05) is 12.6 Å². The van der Waals surface area contributed by atoms with Gasteiger partial charge in [-0.2, -0.15) is 4.31 Å². The number of hydrogen-bond donors (Lipinski definition) is 0. The van der Waals surface area contributed by atoms with Crippen molar-refractivity contribution >= 4 is 10.0 Å². The van der Waals surface area contributed by atoms with Crippen LogP contribution in [0.15, 0.2) is 0 Å². The van der Waals surface area contributed by atoms with Crippen LogP contribution in [0, 0.1) is 0 Å². The molecule has 0 aromatic heterocycles. The Bertz CT molecular complexity index is 255. The summed E-state index contributed by atoms with van der Waals surface area (Å²) in [4.78, 5) is 0. The van der Waals surface area contributed by atoms with Gasteiger partial charge < -0.3 is 0 Å². The second kappa shape index (κ2) is 3.96. The highest BCUT2D eigenvalue weighted by Crippen LogP contribution is 2.29. The van der Waals surface area contributed by atoms with Crippen molar-refractivity contribution in [3.8, 4) is 0 Å². The van der Waals surface area contributed by atoms with E-state index in [9.17, 15) is 8.42 Å². The molecule has 1 fully saturated rings. The third kappa shape index (κ3) is 2.05. The molecule has 0 radical (unpaired) electrons. The lowest BCUT2D eigenvalue weighted by Crippen LogP contribution is -2.45. The second-order valence-corrected chi connectivity index (χ2v) is 6.06. The molecule has 0 spiro atoms. The van der Waals surface area contributed by atoms with Crippen LogP contribution in [0.3, 0.4) is 0 Å². The minimum absolute atomic E-state index is 0.0881. The monoisotopic (exact) mass is 205 g/mol. The molecule has 1 aliphatic carbocycles. The third-order valence-electron chi connectivity index (χ3n) is 2.69. The van der Waals surface area contributed by atoms with Crippen LogP contribution in [0.25, 0.3) is 0 Å². The maximum Gasteiger partial charge on any atom is 0.217 e. The molecule has 3 nitrogen and oxygen atoms in total. The van der Waals surface area contributed by atoms with Gasteiger partial charge in [0.05, 0.1) is 5.25 Å². The van der Waals surface area contributed by atoms with E-state index in [0.717, 1.165) is 19.3 Å². The summed E-state index contributed by atoms with van der Waals surface area (Å²) >= 11 is 0. The predicted molar refractivity (Wildman–Crippen MR) is 54.1 cm³/mol. The first-order valence-electron chi connectivity index (χ1n) is 5.00. The maximum absolute atomic E-state index is 11.9. The third-order valence-corrected chi connectivity index (χ3v) is 5.34. The van der Waals surface area contributed by atoms with Crippen molar-refractivity contribution in [2.45, 2.75) is 51.3 Å². The van der Waals surface area contributed by atoms with Crippen molar-refractivity contribution in [1.82, 2.24) is 4.31 Å². The van der Waals surface area contributed by atoms with Crippen molar-refractivity contribution in [2.24, 2.45) is 0 Å². The Morgan fingerprint density at radius 2 is 1.92 bits per heavy atom. The van der Waals surface area contributed by atoms with Crippen molar-refractivity contribution in [3.63, 3.8) is 0 Å². The Kier molecular flexibility index (Phi) is 3.35. The number of nitrogens with zero attached hydrogens (tertiary/aromatic N) is 1. The van der Waals surface area contributed by atoms with Crippen LogP contribution in [0.1, 0.15) is 40.0 Å². The van der Waals surface area contributed by atoms with E-state index < -0.39 is 10.0 Å². The number of sulfonamides is 1. The standard InChI is InChI=1S/C9H19NO2S/c1-4-10(8(2)3)13(11,12)9-6-5-7-9/h8-9H,4-7H2,1-3H3. The van der Waals surface area contributed by atoms with Crippen LogP contribution in [0.5, 0.6) is 0 Å². The van der Waals surface area contributed by atoms with E-state index in [1.165, 1.54) is 0 Å². The summed E-state index contributed by atoms with van der Waals surface area (Å²) in [5, 5.41) is -0.0881. The Morgan fingerprint density at radius 3 is 2.15 bits per heavy atom. The summed E-state index contributed by atoms with van der Waals surface area (Å²) in [7, 11) is -2.98. The van der Waals surface area contributed by atoms with Gasteiger partial charge in [-0.1, -0.05) is 13.3 Å². The van der Waals surface area contributed by atoms with Crippen molar-refractivity contribution < 1.29 is 8.42 Å². The van der Waals surface area contributed by atoms with Gasteiger partial charge in [0.15, 0.2) is 0 Å². The summed E-state index contributed by atoms with van der Waals surface area (Å²) in [5.74, 6) is 0. The van der Waals surface area contributed by atoms with Crippen molar-refractivity contribution in [2.75, 3.05) is 6.54 Å². The van der Waals surface area contributed by atoms with Gasteiger partial charge in [-0.3, -0.25) is 0 Å². The number of hydrogen-bond acceptors (Lipinski definition) is 2. The first-order valence-corrected chi connectivity index (χ1v) is 6.51. The molecule has 0 heterocycles. The lowest BCUT2D eigenvalue weighted by molar-refractivity contribution is 0.347. The van der Waals surface area contributed by atoms with E-state index in [1.54, 1.807) is 4.31 Å². The first-order chi connectivity index (χ1) is 6.00. The Hall–Kier alpha value is -0.0900. The quantitative estimate of drug-likeness (QED) is 0.699. The molecule has 0 unspecified atom stereocenters. The van der Waals surface area contributed by atoms with Gasteiger partial charge in [0.2, 0.25) is 10.0 Å². The highest BCUT2D eigenvalue weighted by Gasteiger charge is 2.36. The highest BCUT2D eigenvalue weighted by atomic mass is 32.2. The van der Waals surface area contributed by atoms with Gasteiger partial charge in [-0.05, 0) is 26.7 Å². The van der Waals surface area contributed by atoms with Gasteiger partial charge in [0.1, 0.15) is 0 Å². The van der Waals surface area contributed by atoms with Gasteiger partial charge in [-0.25, -0.2) is 8.42 Å². The molecule has 1 aliphatic rings. The fourth-order valence-electron chi connectivity index (χ4n) is 1.70. The minimum Gasteiger partial charge on any atom is -0.212 e. The molecule has 13 heavy (non-hydrogen) atoms. The Morgan fingerprint density at radius 1 is 1.38 bits per heavy atom. The molecule has 0 N–H and O–H groups in total. The first kappa shape index (κ1) is 11.0. The zero-order valence-corrected chi connectivity index (χ0v) is 9.47. The maximum atomic E-state index is 11.9. The van der Waals surface area contributed by atoms with Crippen LogP contribution < -0.4 is 0 Å². The Balaban J connectivity index is 2.76. The SMILES string of the molecule is CCN(C(C)C)S(=O)(=O)C1CCC1. The van der Waals surface area contributed by atoms with Crippen LogP contribution in [-0.4, -0.2) is 30.6 Å². The molecule has 0 atom stereocenters. The van der Waals surface area contributed by atoms with Crippen LogP contribution in [0.2, 0.25) is 0 Å². The molecule has 0 aromatic rings. The van der Waals surface area contributed by atoms with E-state index in [0.29, 0.717) is 6.54 Å². The predicted octanol–water partition coefficient (Wildman–Crippen LogP) is 1.60. The molecular formula is C9H19NO2S. The fraction of sp³-hybridized carbons (Fsp3) is 1.00. The summed E-state index contributed by atoms with van der Waals surface area (Å²) in [6.07, 6.45) is 2.77. The lowest BCUT2D eigenvalue weighted by atomic mass is 10.0. The zero-order valence-electron chi connectivity index (χ0n) is 8.66. The van der Waals surface area contributed by atoms with Crippen molar-refractivity contribution in [3.05, 3.63) is 0 Å². The minimum atomic E-state index is -2.98. The molecule has 0 aliphatic heterocycles. The molecule has 1 saturated carbocycles. The second-order valence-electron chi connectivity index (χ2n) is 3.89. The van der Waals surface area contributed by atoms with E-state index >= 15 is 0 Å². The lowest BCUT2D eigenvalue weighted by Gasteiger charge is -2.33. The molecule has 0 saturated heterocycles. The van der Waals surface area contributed by atoms with E-state index in [4.69, 9.17) is 0 Å². The topological polar surface area (TPSA) is 37.4 Å². The van der Waals surface area contributed by atoms with Gasteiger partial charge in [0.25, 0.3) is 0 Å². The summed E-state index contributed by atoms with van der Waals surface area (Å²) in [5.41, 5.74) is 0. The number of rotatable bonds is 4. The average Bonchev–Trinajstić information content (AvgIpc) is 1.79. The van der Waals surface area contributed by atoms with E-state index in [1.807, 2.05) is 20.8 Å². The average molecular weight is 205 g/mol. The fourth-order valence-corrected chi connectivity index (χ4v) is 3.96. The smallest absolute Gasteiger partial charge is 0.212 e. The molecule has 0 bridgehead atoms. The largest absolute Gasteiger partial charge is 0.217 e. The zero-order chi connectivity index (χ0) is 10.1. The van der Waals surface area contributed by atoms with Crippen LogP contribution in [0.4, 0.5) is 0 Å². The molecular weight excluding hydrogens is 186 g/mol. The molecule has 0 amide bonds. The van der Waals surface area contributed by atoms with E-state index in [2.05, 4.69) is 0 Å². The van der Waals surface area contributed by atoms with E-state index in [-0.39, 0.29) is 11.3 Å². The van der Waals surface area contributed by atoms with Crippen molar-refractivity contribution in [1.29, 1.82) is 0 Å². The molecule has 78 valence electrons.